The molecule has 0 radical (unpaired) electrons. The predicted molar refractivity (Wildman–Crippen MR) is 70.0 cm³/mol. The molecule has 20 heavy (non-hydrogen) atoms. The van der Waals surface area contributed by atoms with Crippen LogP contribution in [0.15, 0.2) is 23.3 Å². The van der Waals surface area contributed by atoms with Crippen LogP contribution in [-0.4, -0.2) is 24.0 Å². The van der Waals surface area contributed by atoms with Crippen LogP contribution in [0.1, 0.15) is 18.4 Å². The molecule has 0 bridgehead atoms. The molecule has 1 heterocycles. The molecule has 0 saturated heterocycles. The molecule has 0 aromatic heterocycles. The van der Waals surface area contributed by atoms with Crippen LogP contribution >= 0.6 is 11.6 Å². The lowest BCUT2D eigenvalue weighted by Crippen LogP contribution is -2.27. The maximum atomic E-state index is 12.3. The van der Waals surface area contributed by atoms with Crippen molar-refractivity contribution in [3.63, 3.8) is 0 Å². The summed E-state index contributed by atoms with van der Waals surface area (Å²) in [6, 6.07) is 4.46. The van der Waals surface area contributed by atoms with Gasteiger partial charge >= 0.3 is 6.43 Å². The van der Waals surface area contributed by atoms with Gasteiger partial charge in [-0.05, 0) is 18.2 Å². The van der Waals surface area contributed by atoms with Gasteiger partial charge in [0.15, 0.2) is 0 Å². The molecular weight excluding hydrogens is 292 g/mol. The minimum atomic E-state index is -3.13. The predicted octanol–water partition coefficient (Wildman–Crippen LogP) is 2.16. The third-order valence-corrected chi connectivity index (χ3v) is 2.89. The third kappa shape index (κ3) is 3.30. The van der Waals surface area contributed by atoms with E-state index in [0.29, 0.717) is 22.7 Å². The van der Waals surface area contributed by atoms with E-state index in [-0.39, 0.29) is 18.0 Å². The fraction of sp³-hybridized carbons (Fsp3) is 0.250. The number of hydrogen-bond acceptors (Lipinski definition) is 3. The van der Waals surface area contributed by atoms with Crippen molar-refractivity contribution in [1.82, 2.24) is 5.43 Å². The van der Waals surface area contributed by atoms with Gasteiger partial charge in [0.2, 0.25) is 5.91 Å². The molecule has 106 valence electrons. The van der Waals surface area contributed by atoms with Crippen LogP contribution < -0.4 is 10.7 Å². The highest BCUT2D eigenvalue weighted by Crippen LogP contribution is 2.24. The Morgan fingerprint density at radius 2 is 2.15 bits per heavy atom. The normalized spacial score (nSPS) is 14.8. The van der Waals surface area contributed by atoms with E-state index in [1.165, 1.54) is 6.07 Å². The summed E-state index contributed by atoms with van der Waals surface area (Å²) < 4.78 is 24.6. The Morgan fingerprint density at radius 1 is 1.40 bits per heavy atom. The number of halogens is 3. The molecule has 0 saturated carbocycles. The first kappa shape index (κ1) is 14.4. The van der Waals surface area contributed by atoms with Gasteiger partial charge in [0.1, 0.15) is 0 Å². The summed E-state index contributed by atoms with van der Waals surface area (Å²) in [6.45, 7) is 0. The lowest BCUT2D eigenvalue weighted by Gasteiger charge is -2.16. The van der Waals surface area contributed by atoms with Crippen molar-refractivity contribution >= 4 is 34.8 Å². The largest absolute Gasteiger partial charge is 0.320 e. The fourth-order valence-electron chi connectivity index (χ4n) is 1.73. The third-order valence-electron chi connectivity index (χ3n) is 2.65. The first-order chi connectivity index (χ1) is 9.47. The molecule has 0 unspecified atom stereocenters. The maximum absolute atomic E-state index is 12.3. The van der Waals surface area contributed by atoms with Gasteiger partial charge in [-0.25, -0.2) is 5.43 Å². The molecule has 1 aromatic carbocycles. The molecular formula is C12H10ClF2N3O2. The summed E-state index contributed by atoms with van der Waals surface area (Å²) in [7, 11) is 0. The van der Waals surface area contributed by atoms with E-state index in [1.807, 2.05) is 0 Å². The Labute approximate surface area is 118 Å². The summed E-state index contributed by atoms with van der Waals surface area (Å²) in [5.41, 5.74) is 3.38. The van der Waals surface area contributed by atoms with E-state index in [4.69, 9.17) is 11.6 Å². The summed E-state index contributed by atoms with van der Waals surface area (Å²) in [4.78, 5) is 22.1. The van der Waals surface area contributed by atoms with E-state index in [1.54, 1.807) is 12.1 Å². The molecule has 0 atom stereocenters. The van der Waals surface area contributed by atoms with E-state index in [0.717, 1.165) is 0 Å². The Bertz CT molecular complexity index is 590. The van der Waals surface area contributed by atoms with Crippen molar-refractivity contribution in [3.05, 3.63) is 28.8 Å². The molecule has 2 amide bonds. The first-order valence-corrected chi connectivity index (χ1v) is 6.09. The van der Waals surface area contributed by atoms with E-state index >= 15 is 0 Å². The number of benzene rings is 1. The SMILES string of the molecule is O=C1CCC(c2ccc(Cl)cc2NC(=O)C(F)F)=NN1. The number of alkyl halides is 2. The smallest absolute Gasteiger partial charge is 0.315 e. The Morgan fingerprint density at radius 3 is 2.75 bits per heavy atom. The molecule has 1 aliphatic rings. The number of amides is 2. The van der Waals surface area contributed by atoms with Crippen LogP contribution in [0.4, 0.5) is 14.5 Å². The molecule has 1 aromatic rings. The van der Waals surface area contributed by atoms with Gasteiger partial charge in [0.05, 0.1) is 11.4 Å². The molecule has 8 heteroatoms. The minimum absolute atomic E-state index is 0.137. The first-order valence-electron chi connectivity index (χ1n) is 5.71. The highest BCUT2D eigenvalue weighted by atomic mass is 35.5. The fourth-order valence-corrected chi connectivity index (χ4v) is 1.90. The average molecular weight is 302 g/mol. The van der Waals surface area contributed by atoms with Gasteiger partial charge in [-0.3, -0.25) is 9.59 Å². The minimum Gasteiger partial charge on any atom is -0.320 e. The van der Waals surface area contributed by atoms with Gasteiger partial charge in [-0.2, -0.15) is 13.9 Å². The van der Waals surface area contributed by atoms with Gasteiger partial charge in [0.25, 0.3) is 5.91 Å². The zero-order valence-corrected chi connectivity index (χ0v) is 10.9. The van der Waals surface area contributed by atoms with Crippen LogP contribution in [0.25, 0.3) is 0 Å². The maximum Gasteiger partial charge on any atom is 0.315 e. The molecule has 2 rings (SSSR count). The monoisotopic (exact) mass is 301 g/mol. The molecule has 0 spiro atoms. The summed E-state index contributed by atoms with van der Waals surface area (Å²) in [5, 5.41) is 6.24. The van der Waals surface area contributed by atoms with Gasteiger partial charge < -0.3 is 5.32 Å². The zero-order valence-electron chi connectivity index (χ0n) is 10.1. The molecule has 2 N–H and O–H groups in total. The molecule has 5 nitrogen and oxygen atoms in total. The van der Waals surface area contributed by atoms with Crippen molar-refractivity contribution in [2.75, 3.05) is 5.32 Å². The van der Waals surface area contributed by atoms with Crippen LogP contribution in [-0.2, 0) is 9.59 Å². The topological polar surface area (TPSA) is 70.6 Å². The second kappa shape index (κ2) is 5.96. The van der Waals surface area contributed by atoms with E-state index < -0.39 is 12.3 Å². The highest BCUT2D eigenvalue weighted by molar-refractivity contribution is 6.31. The van der Waals surface area contributed by atoms with Crippen molar-refractivity contribution < 1.29 is 18.4 Å². The number of nitrogens with one attached hydrogen (secondary N) is 2. The van der Waals surface area contributed by atoms with E-state index in [9.17, 15) is 18.4 Å². The van der Waals surface area contributed by atoms with Crippen molar-refractivity contribution in [1.29, 1.82) is 0 Å². The number of carbonyl (C=O) groups is 2. The van der Waals surface area contributed by atoms with Gasteiger partial charge in [0, 0.05) is 23.4 Å². The lowest BCUT2D eigenvalue weighted by molar-refractivity contribution is -0.126. The summed E-state index contributed by atoms with van der Waals surface area (Å²) >= 11 is 5.79. The van der Waals surface area contributed by atoms with Crippen molar-refractivity contribution in [2.24, 2.45) is 5.10 Å². The zero-order chi connectivity index (χ0) is 14.7. The van der Waals surface area contributed by atoms with Crippen molar-refractivity contribution in [3.8, 4) is 0 Å². The Balaban J connectivity index is 2.33. The number of nitrogens with zero attached hydrogens (tertiary/aromatic N) is 1. The molecule has 0 fully saturated rings. The number of hydrogen-bond donors (Lipinski definition) is 2. The Kier molecular flexibility index (Phi) is 4.29. The highest BCUT2D eigenvalue weighted by Gasteiger charge is 2.20. The number of rotatable bonds is 3. The summed E-state index contributed by atoms with van der Waals surface area (Å²) in [5.74, 6) is -1.64. The standard InChI is InChI=1S/C12H10ClF2N3O2/c13-6-1-2-7(8-3-4-10(19)18-17-8)9(5-6)16-12(20)11(14)15/h1-2,5,11H,3-4H2,(H,16,20)(H,18,19). The van der Waals surface area contributed by atoms with Gasteiger partial charge in [-0.1, -0.05) is 11.6 Å². The average Bonchev–Trinajstić information content (AvgIpc) is 2.40. The van der Waals surface area contributed by atoms with E-state index in [2.05, 4.69) is 15.8 Å². The molecule has 1 aliphatic heterocycles. The van der Waals surface area contributed by atoms with Crippen LogP contribution in [0.2, 0.25) is 5.02 Å². The number of hydrazone groups is 1. The van der Waals surface area contributed by atoms with Crippen LogP contribution in [0.3, 0.4) is 0 Å². The van der Waals surface area contributed by atoms with Crippen LogP contribution in [0.5, 0.6) is 0 Å². The number of carbonyl (C=O) groups excluding carboxylic acids is 2. The molecule has 0 aliphatic carbocycles. The van der Waals surface area contributed by atoms with Gasteiger partial charge in [-0.15, -0.1) is 0 Å². The number of anilines is 1. The summed E-state index contributed by atoms with van der Waals surface area (Å²) in [6.07, 6.45) is -2.54. The lowest BCUT2D eigenvalue weighted by atomic mass is 10.0. The second-order valence-corrected chi connectivity index (χ2v) is 4.51. The van der Waals surface area contributed by atoms with Crippen molar-refractivity contribution in [2.45, 2.75) is 19.3 Å². The quantitative estimate of drug-likeness (QED) is 0.898. The van der Waals surface area contributed by atoms with Crippen LogP contribution in [0, 0.1) is 0 Å². The Hall–Kier alpha value is -2.02. The second-order valence-electron chi connectivity index (χ2n) is 4.07.